The summed E-state index contributed by atoms with van der Waals surface area (Å²) in [6.07, 6.45) is 0. The van der Waals surface area contributed by atoms with Crippen LogP contribution in [0.4, 0.5) is 0 Å². The largest absolute Gasteiger partial charge is 0 e. The van der Waals surface area contributed by atoms with Crippen molar-refractivity contribution in [3.63, 3.8) is 0 Å². The summed E-state index contributed by atoms with van der Waals surface area (Å²) in [5.74, 6) is 0. The molecular formula is N6Ni. The van der Waals surface area contributed by atoms with Crippen molar-refractivity contribution in [1.29, 1.82) is 0 Å². The molecule has 0 rings (SSSR count). The van der Waals surface area contributed by atoms with E-state index in [9.17, 15) is 0 Å². The summed E-state index contributed by atoms with van der Waals surface area (Å²) in [5, 5.41) is 0. The Kier molecular flexibility index (Phi) is 1690000. The van der Waals surface area contributed by atoms with Gasteiger partial charge in [0.05, 0.1) is 0 Å². The van der Waals surface area contributed by atoms with Gasteiger partial charge in [0.1, 0.15) is 0 Å². The average Bonchev–Trinajstić information content (AvgIpc) is 0. The van der Waals surface area contributed by atoms with E-state index in [1.807, 2.05) is 0 Å². The summed E-state index contributed by atoms with van der Waals surface area (Å²) >= 11 is 0. The van der Waals surface area contributed by atoms with Gasteiger partial charge in [-0.2, -0.15) is 0 Å². The Bertz CT molecular complexity index is 4.14. The molecule has 7 heteroatoms. The molecule has 0 amide bonds. The maximum absolute atomic E-state index is 0. The summed E-state index contributed by atoms with van der Waals surface area (Å²) in [6, 6.07) is 0. The molecule has 0 unspecified atom stereocenters. The van der Waals surface area contributed by atoms with Gasteiger partial charge in [-0.05, 0) is 0 Å². The number of hydrogen-bond acceptors (Lipinski definition) is 0. The fourth-order valence-electron chi connectivity index (χ4n) is 0. The van der Waals surface area contributed by atoms with Crippen molar-refractivity contribution in [2.24, 2.45) is 0 Å². The van der Waals surface area contributed by atoms with Gasteiger partial charge in [0.25, 0.3) is 0 Å². The molecule has 0 aliphatic rings. The molecular weight excluding hydrogens is 143 g/mol. The fraction of sp³-hybridized carbons (Fsp3) is 0. The number of nitrogens with zero attached hydrogens (tertiary/aromatic N) is 6. The third-order valence-corrected chi connectivity index (χ3v) is 0. The number of rotatable bonds is 0. The first-order valence-corrected chi connectivity index (χ1v) is 0. The standard InChI is InChI=1S/6N.Ni. The van der Waals surface area contributed by atoms with E-state index >= 15 is 0 Å². The topological polar surface area (TPSA) is 183 Å². The predicted molar refractivity (Wildman–Crippen MR) is 12.8 cm³/mol. The molecule has 6 nitrogen and oxygen atoms in total. The van der Waals surface area contributed by atoms with Crippen molar-refractivity contribution in [3.05, 3.63) is 0 Å². The van der Waals surface area contributed by atoms with Crippen LogP contribution in [0.1, 0.15) is 0 Å². The predicted octanol–water partition coefficient (Wildman–Crippen LogP) is -2.89. The van der Waals surface area contributed by atoms with Gasteiger partial charge < -0.3 is 0 Å². The minimum atomic E-state index is 0. The molecule has 0 N–H and O–H groups in total. The Morgan fingerprint density at radius 3 is 0.286 bits per heavy atom. The van der Waals surface area contributed by atoms with Gasteiger partial charge in [-0.1, -0.05) is 0 Å². The van der Waals surface area contributed by atoms with Crippen LogP contribution in [-0.4, -0.2) is 0 Å². The average molecular weight is 143 g/mol. The first-order chi connectivity index (χ1) is 0. The van der Waals surface area contributed by atoms with E-state index in [2.05, 4.69) is 0 Å². The normalized spacial score (nSPS) is 0. The van der Waals surface area contributed by atoms with Gasteiger partial charge in [-0.25, -0.2) is 0 Å². The molecule has 0 bridgehead atoms. The zero-order chi connectivity index (χ0) is 0. The second kappa shape index (κ2) is 2690. The monoisotopic (exact) mass is 142 g/mol. The van der Waals surface area contributed by atoms with E-state index in [0.717, 1.165) is 0 Å². The molecule has 0 aliphatic carbocycles. The molecule has 7 heavy (non-hydrogen) atoms. The fourth-order valence-corrected chi connectivity index (χ4v) is 0. The minimum absolute atomic E-state index is 0. The zero-order valence-corrected chi connectivity index (χ0v) is 3.99. The van der Waals surface area contributed by atoms with Crippen LogP contribution < -0.4 is 36.9 Å². The summed E-state index contributed by atoms with van der Waals surface area (Å²) in [4.78, 5) is 0. The molecule has 0 spiro atoms. The van der Waals surface area contributed by atoms with Gasteiger partial charge >= 0.3 is 0 Å². The van der Waals surface area contributed by atoms with Gasteiger partial charge in [0, 0.05) is 53.4 Å². The van der Waals surface area contributed by atoms with Gasteiger partial charge in [-0.3, -0.25) is 0 Å². The molecule has 0 atom stereocenters. The third-order valence-electron chi connectivity index (χ3n) is 0. The van der Waals surface area contributed by atoms with Crippen LogP contribution in [0, 0.1) is 0 Å². The van der Waals surface area contributed by atoms with E-state index in [1.165, 1.54) is 0 Å². The summed E-state index contributed by atoms with van der Waals surface area (Å²) in [7, 11) is 0. The van der Waals surface area contributed by atoms with Crippen LogP contribution in [0.3, 0.4) is 0 Å². The Morgan fingerprint density at radius 2 is 0.286 bits per heavy atom. The number of hydrogen-bond donors (Lipinski definition) is 0. The smallest absolute Gasteiger partial charge is 0 e. The molecule has 0 aliphatic heterocycles. The van der Waals surface area contributed by atoms with Crippen LogP contribution in [0.5, 0.6) is 0 Å². The van der Waals surface area contributed by atoms with Gasteiger partial charge in [0.15, 0.2) is 0 Å². The Balaban J connectivity index is 0. The molecule has 0 aromatic rings. The first kappa shape index (κ1) is 4410. The van der Waals surface area contributed by atoms with Crippen molar-refractivity contribution in [1.82, 2.24) is 36.9 Å². The molecule has 0 saturated heterocycles. The van der Waals surface area contributed by atoms with Crippen molar-refractivity contribution >= 4 is 0 Å². The van der Waals surface area contributed by atoms with E-state index in [0.29, 0.717) is 0 Å². The molecule has 0 aromatic carbocycles. The summed E-state index contributed by atoms with van der Waals surface area (Å²) in [6.45, 7) is 0. The van der Waals surface area contributed by atoms with Crippen LogP contribution in [-0.2, 0) is 16.5 Å². The van der Waals surface area contributed by atoms with Crippen LogP contribution in [0.2, 0.25) is 0 Å². The van der Waals surface area contributed by atoms with Gasteiger partial charge in [-0.15, -0.1) is 0 Å². The van der Waals surface area contributed by atoms with E-state index in [1.54, 1.807) is 0 Å². The van der Waals surface area contributed by atoms with E-state index in [-0.39, 0.29) is 53.4 Å². The second-order valence-corrected chi connectivity index (χ2v) is 0. The Morgan fingerprint density at radius 1 is 0.286 bits per heavy atom. The first-order valence-electron chi connectivity index (χ1n) is 0. The molecule has 0 fully saturated rings. The molecule has 0 heterocycles. The minimum Gasteiger partial charge on any atom is 0 e. The van der Waals surface area contributed by atoms with Crippen molar-refractivity contribution in [2.75, 3.05) is 0 Å². The Hall–Kier alpha value is 0.254. The van der Waals surface area contributed by atoms with Gasteiger partial charge in [0.2, 0.25) is 0 Å². The zero-order valence-electron chi connectivity index (χ0n) is 3.00. The Labute approximate surface area is 54.2 Å². The second-order valence-electron chi connectivity index (χ2n) is 0. The van der Waals surface area contributed by atoms with E-state index in [4.69, 9.17) is 0 Å². The molecule has 0 aromatic heterocycles. The van der Waals surface area contributed by atoms with Crippen molar-refractivity contribution < 1.29 is 16.5 Å². The molecule has 0 saturated carbocycles. The van der Waals surface area contributed by atoms with Crippen LogP contribution in [0.25, 0.3) is 0 Å². The summed E-state index contributed by atoms with van der Waals surface area (Å²) in [5.41, 5.74) is 0. The molecule has 40 valence electrons. The van der Waals surface area contributed by atoms with Crippen LogP contribution >= 0.6 is 0 Å². The molecule has 18 radical (unpaired) electrons. The van der Waals surface area contributed by atoms with Crippen molar-refractivity contribution in [2.45, 2.75) is 0 Å². The van der Waals surface area contributed by atoms with Crippen LogP contribution in [0.15, 0.2) is 0 Å². The summed E-state index contributed by atoms with van der Waals surface area (Å²) < 4.78 is 0. The maximum Gasteiger partial charge on any atom is 0 e. The maximum atomic E-state index is 0. The third kappa shape index (κ3) is 1760. The van der Waals surface area contributed by atoms with Crippen molar-refractivity contribution in [3.8, 4) is 0 Å². The van der Waals surface area contributed by atoms with E-state index < -0.39 is 0 Å². The SMILES string of the molecule is [N].[N].[N].[N].[N].[N].[Ni]. The quantitative estimate of drug-likeness (QED) is 0.315.